The standard InChI is InChI=1S/C22H28O6/c23-17-3-1-7-21-13(11-15(17)21)5-9-28-20(26)22-8-2-4-18(24)16(22)12-14(22)6-10-27-19(21)25/h13-16H,1-12H2/t13-,14+,15+,16-,21-,22+. The Balaban J connectivity index is 1.38. The zero-order valence-corrected chi connectivity index (χ0v) is 16.2. The zero-order chi connectivity index (χ0) is 19.5. The van der Waals surface area contributed by atoms with Gasteiger partial charge in [0.25, 0.3) is 0 Å². The minimum atomic E-state index is -0.693. The number of Topliss-reactive ketones (excluding diaryl/α,β-unsaturated/α-hetero) is 2. The molecule has 1 aliphatic heterocycles. The number of carbonyl (C=O) groups excluding carboxylic acids is 4. The summed E-state index contributed by atoms with van der Waals surface area (Å²) >= 11 is 0. The SMILES string of the molecule is O=C1CCC[C@]23C(=O)OCC[C@@H]4C[C@H]5C(=O)CCC[C@@]45C(=O)OCC[C@H]2C[C@H]13. The highest BCUT2D eigenvalue weighted by molar-refractivity contribution is 5.93. The third-order valence-corrected chi connectivity index (χ3v) is 8.70. The van der Waals surface area contributed by atoms with Crippen molar-refractivity contribution in [1.82, 2.24) is 0 Å². The number of carbonyl (C=O) groups is 4. The lowest BCUT2D eigenvalue weighted by Crippen LogP contribution is -2.62. The summed E-state index contributed by atoms with van der Waals surface area (Å²) < 4.78 is 11.4. The van der Waals surface area contributed by atoms with E-state index in [2.05, 4.69) is 0 Å². The topological polar surface area (TPSA) is 86.7 Å². The zero-order valence-electron chi connectivity index (χ0n) is 16.2. The quantitative estimate of drug-likeness (QED) is 0.593. The molecular formula is C22H28O6. The van der Waals surface area contributed by atoms with Crippen LogP contribution in [0.1, 0.15) is 64.2 Å². The molecular weight excluding hydrogens is 360 g/mol. The van der Waals surface area contributed by atoms with Crippen molar-refractivity contribution in [2.75, 3.05) is 13.2 Å². The summed E-state index contributed by atoms with van der Waals surface area (Å²) in [6.07, 6.45) is 6.54. The Morgan fingerprint density at radius 1 is 0.679 bits per heavy atom. The van der Waals surface area contributed by atoms with Crippen LogP contribution < -0.4 is 0 Å². The maximum absolute atomic E-state index is 13.1. The Hall–Kier alpha value is -1.72. The smallest absolute Gasteiger partial charge is 0.313 e. The first-order valence-electron chi connectivity index (χ1n) is 10.9. The molecule has 5 aliphatic rings. The number of rotatable bonds is 0. The summed E-state index contributed by atoms with van der Waals surface area (Å²) in [6.45, 7) is 0.518. The van der Waals surface area contributed by atoms with Gasteiger partial charge in [-0.1, -0.05) is 0 Å². The van der Waals surface area contributed by atoms with Crippen LogP contribution in [0.2, 0.25) is 0 Å². The van der Waals surface area contributed by atoms with Gasteiger partial charge in [0.05, 0.1) is 24.0 Å². The van der Waals surface area contributed by atoms with Crippen molar-refractivity contribution in [3.8, 4) is 0 Å². The number of hydrogen-bond donors (Lipinski definition) is 0. The van der Waals surface area contributed by atoms with E-state index in [1.807, 2.05) is 0 Å². The molecule has 6 nitrogen and oxygen atoms in total. The number of ether oxygens (including phenoxy) is 2. The molecule has 1 heterocycles. The van der Waals surface area contributed by atoms with Gasteiger partial charge in [0.15, 0.2) is 0 Å². The second kappa shape index (κ2) is 6.39. The van der Waals surface area contributed by atoms with Crippen LogP contribution in [-0.4, -0.2) is 36.7 Å². The Bertz CT molecular complexity index is 681. The maximum atomic E-state index is 13.1. The summed E-state index contributed by atoms with van der Waals surface area (Å²) in [4.78, 5) is 50.8. The summed E-state index contributed by atoms with van der Waals surface area (Å²) in [5, 5.41) is 0. The molecule has 0 radical (unpaired) electrons. The number of hydrogen-bond acceptors (Lipinski definition) is 6. The Morgan fingerprint density at radius 2 is 1.11 bits per heavy atom. The van der Waals surface area contributed by atoms with Gasteiger partial charge in [0, 0.05) is 24.7 Å². The van der Waals surface area contributed by atoms with Crippen LogP contribution >= 0.6 is 0 Å². The third-order valence-electron chi connectivity index (χ3n) is 8.70. The van der Waals surface area contributed by atoms with Gasteiger partial charge in [-0.15, -0.1) is 0 Å². The molecule has 0 N–H and O–H groups in total. The van der Waals surface area contributed by atoms with Crippen LogP contribution in [0.3, 0.4) is 0 Å². The molecule has 0 amide bonds. The molecule has 0 unspecified atom stereocenters. The van der Waals surface area contributed by atoms with Crippen LogP contribution in [-0.2, 0) is 28.7 Å². The van der Waals surface area contributed by atoms with E-state index in [-0.39, 0.29) is 60.4 Å². The van der Waals surface area contributed by atoms with Crippen molar-refractivity contribution in [3.63, 3.8) is 0 Å². The van der Waals surface area contributed by atoms with Gasteiger partial charge in [-0.25, -0.2) is 0 Å². The predicted molar refractivity (Wildman–Crippen MR) is 96.9 cm³/mol. The molecule has 4 saturated carbocycles. The van der Waals surface area contributed by atoms with Crippen LogP contribution in [0.15, 0.2) is 0 Å². The second-order valence-corrected chi connectivity index (χ2v) is 9.54. The minimum Gasteiger partial charge on any atom is -0.465 e. The number of esters is 2. The van der Waals surface area contributed by atoms with Crippen molar-refractivity contribution in [2.45, 2.75) is 64.2 Å². The molecule has 1 saturated heterocycles. The second-order valence-electron chi connectivity index (χ2n) is 9.54. The summed E-state index contributed by atoms with van der Waals surface area (Å²) in [6, 6.07) is 0. The molecule has 28 heavy (non-hydrogen) atoms. The van der Waals surface area contributed by atoms with E-state index in [1.54, 1.807) is 0 Å². The first-order chi connectivity index (χ1) is 13.5. The van der Waals surface area contributed by atoms with Crippen molar-refractivity contribution in [3.05, 3.63) is 0 Å². The lowest BCUT2D eigenvalue weighted by molar-refractivity contribution is -0.200. The van der Waals surface area contributed by atoms with Gasteiger partial charge in [0.1, 0.15) is 11.6 Å². The van der Waals surface area contributed by atoms with Gasteiger partial charge < -0.3 is 9.47 Å². The van der Waals surface area contributed by atoms with Gasteiger partial charge in [-0.3, -0.25) is 19.2 Å². The molecule has 6 atom stereocenters. The van der Waals surface area contributed by atoms with Crippen LogP contribution in [0.5, 0.6) is 0 Å². The lowest BCUT2D eigenvalue weighted by atomic mass is 9.46. The first kappa shape index (κ1) is 18.3. The third kappa shape index (κ3) is 2.26. The Labute approximate surface area is 164 Å². The summed E-state index contributed by atoms with van der Waals surface area (Å²) in [5.41, 5.74) is -1.39. The normalized spacial score (nSPS) is 46.0. The highest BCUT2D eigenvalue weighted by Gasteiger charge is 2.66. The van der Waals surface area contributed by atoms with Gasteiger partial charge in [0.2, 0.25) is 0 Å². The fourth-order valence-electron chi connectivity index (χ4n) is 7.14. The van der Waals surface area contributed by atoms with Gasteiger partial charge in [-0.05, 0) is 63.2 Å². The van der Waals surface area contributed by atoms with E-state index < -0.39 is 10.8 Å². The molecule has 5 fully saturated rings. The van der Waals surface area contributed by atoms with E-state index in [9.17, 15) is 19.2 Å². The average Bonchev–Trinajstić information content (AvgIpc) is 2.64. The maximum Gasteiger partial charge on any atom is 0.313 e. The van der Waals surface area contributed by atoms with Crippen LogP contribution in [0, 0.1) is 34.5 Å². The average molecular weight is 388 g/mol. The van der Waals surface area contributed by atoms with E-state index in [4.69, 9.17) is 9.47 Å². The summed E-state index contributed by atoms with van der Waals surface area (Å²) in [7, 11) is 0. The molecule has 5 rings (SSSR count). The van der Waals surface area contributed by atoms with E-state index in [0.717, 1.165) is 12.8 Å². The fourth-order valence-corrected chi connectivity index (χ4v) is 7.14. The monoisotopic (exact) mass is 388 g/mol. The van der Waals surface area contributed by atoms with Crippen molar-refractivity contribution in [1.29, 1.82) is 0 Å². The molecule has 2 spiro atoms. The molecule has 152 valence electrons. The predicted octanol–water partition coefficient (Wildman–Crippen LogP) is 2.62. The van der Waals surface area contributed by atoms with Crippen molar-refractivity contribution in [2.24, 2.45) is 34.5 Å². The highest BCUT2D eigenvalue weighted by atomic mass is 16.5. The van der Waals surface area contributed by atoms with E-state index in [0.29, 0.717) is 51.4 Å². The Morgan fingerprint density at radius 3 is 1.54 bits per heavy atom. The van der Waals surface area contributed by atoms with Gasteiger partial charge >= 0.3 is 11.9 Å². The minimum absolute atomic E-state index is 0.0416. The van der Waals surface area contributed by atoms with Gasteiger partial charge in [-0.2, -0.15) is 0 Å². The molecule has 0 aromatic heterocycles. The fraction of sp³-hybridized carbons (Fsp3) is 0.818. The largest absolute Gasteiger partial charge is 0.465 e. The number of ketones is 2. The van der Waals surface area contributed by atoms with Crippen molar-refractivity contribution >= 4 is 23.5 Å². The number of cyclic esters (lactones) is 2. The molecule has 6 heteroatoms. The van der Waals surface area contributed by atoms with Crippen molar-refractivity contribution < 1.29 is 28.7 Å². The van der Waals surface area contributed by atoms with Crippen LogP contribution in [0.4, 0.5) is 0 Å². The highest BCUT2D eigenvalue weighted by Crippen LogP contribution is 2.62. The molecule has 0 aromatic carbocycles. The van der Waals surface area contributed by atoms with E-state index in [1.165, 1.54) is 0 Å². The first-order valence-corrected chi connectivity index (χ1v) is 10.9. The Kier molecular flexibility index (Phi) is 4.18. The van der Waals surface area contributed by atoms with Crippen LogP contribution in [0.25, 0.3) is 0 Å². The molecule has 4 aliphatic carbocycles. The molecule has 0 bridgehead atoms. The molecule has 0 aromatic rings. The summed E-state index contributed by atoms with van der Waals surface area (Å²) in [5.74, 6) is -0.424. The van der Waals surface area contributed by atoms with E-state index >= 15 is 0 Å². The lowest BCUT2D eigenvalue weighted by Gasteiger charge is -2.57.